The molecule has 12 nitrogen and oxygen atoms in total. The van der Waals surface area contributed by atoms with Crippen molar-refractivity contribution in [2.24, 2.45) is 0 Å². The molecule has 3 heterocycles. The van der Waals surface area contributed by atoms with Crippen molar-refractivity contribution in [2.45, 2.75) is 37.7 Å². The number of ether oxygens (including phenoxy) is 3. The van der Waals surface area contributed by atoms with E-state index in [0.717, 1.165) is 5.56 Å². The highest BCUT2D eigenvalue weighted by Gasteiger charge is 2.33. The predicted molar refractivity (Wildman–Crippen MR) is 139 cm³/mol. The van der Waals surface area contributed by atoms with E-state index in [0.29, 0.717) is 28.7 Å². The van der Waals surface area contributed by atoms with Crippen molar-refractivity contribution in [1.82, 2.24) is 34.7 Å². The third-order valence-electron chi connectivity index (χ3n) is 6.22. The van der Waals surface area contributed by atoms with E-state index < -0.39 is 26.8 Å². The molecular weight excluding hydrogens is 510 g/mol. The van der Waals surface area contributed by atoms with Gasteiger partial charge in [0.25, 0.3) is 0 Å². The van der Waals surface area contributed by atoms with Crippen LogP contribution in [-0.2, 0) is 15.6 Å². The first-order valence-corrected chi connectivity index (χ1v) is 13.4. The number of benzene rings is 1. The summed E-state index contributed by atoms with van der Waals surface area (Å²) in [7, 11) is 0.723. The van der Waals surface area contributed by atoms with Crippen molar-refractivity contribution in [3.63, 3.8) is 0 Å². The molecule has 0 spiro atoms. The number of rotatable bonds is 10. The number of nitrogens with zero attached hydrogens (tertiary/aromatic N) is 7. The summed E-state index contributed by atoms with van der Waals surface area (Å²) in [6.45, 7) is 5.30. The average molecular weight is 540 g/mol. The zero-order chi connectivity index (χ0) is 27.4. The van der Waals surface area contributed by atoms with Crippen LogP contribution in [0.5, 0.6) is 17.4 Å². The summed E-state index contributed by atoms with van der Waals surface area (Å²) in [4.78, 5) is 17.2. The number of sulfone groups is 1. The normalized spacial score (nSPS) is 13.1. The highest BCUT2D eigenvalue weighted by Crippen LogP contribution is 2.37. The summed E-state index contributed by atoms with van der Waals surface area (Å²) in [5.41, 5.74) is 1.64. The summed E-state index contributed by atoms with van der Waals surface area (Å²) in [6.07, 6.45) is 6.28. The lowest BCUT2D eigenvalue weighted by Crippen LogP contribution is -2.27. The Bertz CT molecular complexity index is 1500. The molecule has 0 unspecified atom stereocenters. The molecule has 0 amide bonds. The molecule has 0 aliphatic heterocycles. The minimum absolute atomic E-state index is 0.149. The smallest absolute Gasteiger partial charge is 0.232 e. The van der Waals surface area contributed by atoms with Gasteiger partial charge in [0.15, 0.2) is 21.5 Å². The first-order chi connectivity index (χ1) is 18.2. The number of para-hydroxylation sites is 1. The lowest BCUT2D eigenvalue weighted by molar-refractivity contribution is 0.390. The van der Waals surface area contributed by atoms with Gasteiger partial charge in [0, 0.05) is 18.3 Å². The van der Waals surface area contributed by atoms with Crippen molar-refractivity contribution < 1.29 is 22.6 Å². The molecule has 0 aliphatic rings. The van der Waals surface area contributed by atoms with Gasteiger partial charge in [0.2, 0.25) is 5.88 Å². The molecule has 1 aromatic carbocycles. The maximum atomic E-state index is 13.7. The van der Waals surface area contributed by atoms with Crippen LogP contribution in [0.4, 0.5) is 0 Å². The van der Waals surface area contributed by atoms with E-state index in [1.54, 1.807) is 49.0 Å². The number of aryl methyl sites for hydroxylation is 1. The Balaban J connectivity index is 1.84. The van der Waals surface area contributed by atoms with Crippen molar-refractivity contribution in [3.8, 4) is 34.6 Å². The van der Waals surface area contributed by atoms with Crippen LogP contribution in [0.3, 0.4) is 0 Å². The Morgan fingerprint density at radius 3 is 2.18 bits per heavy atom. The van der Waals surface area contributed by atoms with Gasteiger partial charge in [0.1, 0.15) is 34.5 Å². The Kier molecular flexibility index (Phi) is 7.86. The Morgan fingerprint density at radius 2 is 1.58 bits per heavy atom. The van der Waals surface area contributed by atoms with Crippen molar-refractivity contribution >= 4 is 9.84 Å². The maximum Gasteiger partial charge on any atom is 0.232 e. The van der Waals surface area contributed by atoms with Crippen LogP contribution in [-0.4, -0.2) is 69.7 Å². The molecule has 0 saturated heterocycles. The highest BCUT2D eigenvalue weighted by molar-refractivity contribution is 7.91. The molecular formula is C25H29N7O5S. The number of methoxy groups -OCH3 is 3. The molecule has 0 fully saturated rings. The van der Waals surface area contributed by atoms with Gasteiger partial charge in [-0.15, -0.1) is 10.2 Å². The molecule has 3 aromatic heterocycles. The summed E-state index contributed by atoms with van der Waals surface area (Å²) in [5.74, 6) is 1.08. The Hall–Kier alpha value is -4.13. The van der Waals surface area contributed by atoms with Crippen molar-refractivity contribution in [3.05, 3.63) is 60.2 Å². The van der Waals surface area contributed by atoms with Gasteiger partial charge in [-0.1, -0.05) is 13.0 Å². The third kappa shape index (κ3) is 5.28. The van der Waals surface area contributed by atoms with E-state index in [-0.39, 0.29) is 17.5 Å². The second kappa shape index (κ2) is 11.1. The molecule has 4 rings (SSSR count). The maximum absolute atomic E-state index is 13.7. The van der Waals surface area contributed by atoms with E-state index in [2.05, 4.69) is 30.1 Å². The van der Waals surface area contributed by atoms with Gasteiger partial charge in [-0.05, 0) is 31.5 Å². The minimum Gasteiger partial charge on any atom is -0.494 e. The topological polar surface area (TPSA) is 144 Å². The van der Waals surface area contributed by atoms with Gasteiger partial charge in [-0.25, -0.2) is 23.4 Å². The predicted octanol–water partition coefficient (Wildman–Crippen LogP) is 2.96. The number of hydrogen-bond acceptors (Lipinski definition) is 11. The zero-order valence-corrected chi connectivity index (χ0v) is 22.8. The largest absolute Gasteiger partial charge is 0.494 e. The fourth-order valence-electron chi connectivity index (χ4n) is 3.89. The monoisotopic (exact) mass is 539 g/mol. The van der Waals surface area contributed by atoms with Crippen LogP contribution in [0.1, 0.15) is 37.0 Å². The van der Waals surface area contributed by atoms with E-state index in [1.807, 2.05) is 6.92 Å². The molecule has 0 saturated carbocycles. The molecule has 13 heteroatoms. The molecule has 0 bridgehead atoms. The van der Waals surface area contributed by atoms with E-state index in [9.17, 15) is 8.42 Å². The van der Waals surface area contributed by atoms with Crippen LogP contribution >= 0.6 is 0 Å². The van der Waals surface area contributed by atoms with E-state index in [4.69, 9.17) is 14.2 Å². The zero-order valence-electron chi connectivity index (χ0n) is 22.0. The summed E-state index contributed by atoms with van der Waals surface area (Å²) in [5, 5.41) is 7.76. The molecule has 200 valence electrons. The van der Waals surface area contributed by atoms with Crippen LogP contribution in [0.25, 0.3) is 17.2 Å². The fourth-order valence-corrected chi connectivity index (χ4v) is 5.44. The molecule has 38 heavy (non-hydrogen) atoms. The molecule has 0 aliphatic carbocycles. The third-order valence-corrected chi connectivity index (χ3v) is 8.42. The Morgan fingerprint density at radius 1 is 0.921 bits per heavy atom. The molecule has 0 radical (unpaired) electrons. The first kappa shape index (κ1) is 26.9. The van der Waals surface area contributed by atoms with E-state index in [1.165, 1.54) is 33.7 Å². The molecule has 2 atom stereocenters. The first-order valence-electron chi connectivity index (χ1n) is 11.7. The number of hydrogen-bond donors (Lipinski definition) is 0. The Labute approximate surface area is 221 Å². The van der Waals surface area contributed by atoms with Crippen LogP contribution in [0.2, 0.25) is 0 Å². The van der Waals surface area contributed by atoms with Gasteiger partial charge < -0.3 is 14.2 Å². The standard InChI is InChI=1S/C25H29N7O5S/c1-15-10-27-24(28-11-15)16(2)17(3)38(33,34)14-21-30-31-25(18-12-26-13-22(29-18)37-6)32(21)23-19(35-4)8-7-9-20(23)36-5/h7-13,16-17H,14H2,1-6H3/t16-,17-/m0/s1. The summed E-state index contributed by atoms with van der Waals surface area (Å²) < 4.78 is 45.3. The highest BCUT2D eigenvalue weighted by atomic mass is 32.2. The van der Waals surface area contributed by atoms with Crippen molar-refractivity contribution in [2.75, 3.05) is 21.3 Å². The number of aromatic nitrogens is 7. The average Bonchev–Trinajstić information content (AvgIpc) is 3.34. The summed E-state index contributed by atoms with van der Waals surface area (Å²) in [6, 6.07) is 5.23. The van der Waals surface area contributed by atoms with Crippen molar-refractivity contribution in [1.29, 1.82) is 0 Å². The molecule has 0 N–H and O–H groups in total. The molecule has 4 aromatic rings. The second-order valence-corrected chi connectivity index (χ2v) is 11.0. The van der Waals surface area contributed by atoms with Crippen LogP contribution in [0.15, 0.2) is 43.0 Å². The quantitative estimate of drug-likeness (QED) is 0.293. The second-order valence-electron chi connectivity index (χ2n) is 8.65. The lowest BCUT2D eigenvalue weighted by Gasteiger charge is -2.20. The SMILES string of the molecule is COc1cncc(-c2nnc(CS(=O)(=O)[C@@H](C)[C@H](C)c3ncc(C)cn3)n2-c2c(OC)cccc2OC)n1. The lowest BCUT2D eigenvalue weighted by atomic mass is 10.1. The van der Waals surface area contributed by atoms with Gasteiger partial charge in [-0.3, -0.25) is 9.55 Å². The van der Waals surface area contributed by atoms with Gasteiger partial charge >= 0.3 is 0 Å². The van der Waals surface area contributed by atoms with Crippen LogP contribution in [0, 0.1) is 6.92 Å². The van der Waals surface area contributed by atoms with E-state index >= 15 is 0 Å². The fraction of sp³-hybridized carbons (Fsp3) is 0.360. The van der Waals surface area contributed by atoms with Gasteiger partial charge in [-0.2, -0.15) is 0 Å². The van der Waals surface area contributed by atoms with Crippen LogP contribution < -0.4 is 14.2 Å². The van der Waals surface area contributed by atoms with Gasteiger partial charge in [0.05, 0.1) is 39.0 Å². The summed E-state index contributed by atoms with van der Waals surface area (Å²) >= 11 is 0. The minimum atomic E-state index is -3.77.